The van der Waals surface area contributed by atoms with Crippen LogP contribution < -0.4 is 4.90 Å². The van der Waals surface area contributed by atoms with Crippen LogP contribution in [0.2, 0.25) is 0 Å². The molecule has 12 rings (SSSR count). The van der Waals surface area contributed by atoms with Crippen molar-refractivity contribution < 1.29 is 0 Å². The van der Waals surface area contributed by atoms with E-state index in [2.05, 4.69) is 195 Å². The fourth-order valence-electron chi connectivity index (χ4n) is 10.5. The van der Waals surface area contributed by atoms with Crippen LogP contribution in [0, 0.1) is 0 Å². The zero-order valence-electron chi connectivity index (χ0n) is 30.4. The van der Waals surface area contributed by atoms with Gasteiger partial charge < -0.3 is 4.90 Å². The minimum absolute atomic E-state index is 0.0735. The summed E-state index contributed by atoms with van der Waals surface area (Å²) >= 11 is 0. The Morgan fingerprint density at radius 2 is 0.981 bits per heavy atom. The molecule has 0 spiro atoms. The topological polar surface area (TPSA) is 3.24 Å². The largest absolute Gasteiger partial charge is 0.334 e. The van der Waals surface area contributed by atoms with Crippen molar-refractivity contribution in [3.05, 3.63) is 181 Å². The first-order valence-electron chi connectivity index (χ1n) is 19.2. The zero-order valence-corrected chi connectivity index (χ0v) is 30.4. The van der Waals surface area contributed by atoms with Crippen LogP contribution >= 0.6 is 0 Å². The predicted octanol–water partition coefficient (Wildman–Crippen LogP) is 14.5. The van der Waals surface area contributed by atoms with Crippen LogP contribution in [0.15, 0.2) is 176 Å². The van der Waals surface area contributed by atoms with Gasteiger partial charge in [-0.25, -0.2) is 0 Å². The molecule has 54 heavy (non-hydrogen) atoms. The fraction of sp³-hybridized carbons (Fsp3) is 0.0943. The second kappa shape index (κ2) is 10.6. The highest BCUT2D eigenvalue weighted by Crippen LogP contribution is 2.70. The van der Waals surface area contributed by atoms with E-state index in [0.717, 1.165) is 6.42 Å². The summed E-state index contributed by atoms with van der Waals surface area (Å²) in [6.45, 7) is 4.92. The zero-order chi connectivity index (χ0) is 35.8. The number of benzene rings is 10. The number of fused-ring (bicyclic) bond motifs is 5. The van der Waals surface area contributed by atoms with Gasteiger partial charge in [-0.3, -0.25) is 0 Å². The third-order valence-corrected chi connectivity index (χ3v) is 13.4. The van der Waals surface area contributed by atoms with Crippen molar-refractivity contribution in [1.29, 1.82) is 0 Å². The van der Waals surface area contributed by atoms with Gasteiger partial charge in [-0.2, -0.15) is 0 Å². The van der Waals surface area contributed by atoms with Crippen LogP contribution in [0.25, 0.3) is 87.2 Å². The third-order valence-electron chi connectivity index (χ3n) is 13.4. The van der Waals surface area contributed by atoms with Crippen molar-refractivity contribution in [2.24, 2.45) is 0 Å². The maximum absolute atomic E-state index is 2.60. The van der Waals surface area contributed by atoms with E-state index in [0.29, 0.717) is 0 Å². The Morgan fingerprint density at radius 1 is 0.407 bits per heavy atom. The lowest BCUT2D eigenvalue weighted by Gasteiger charge is -2.29. The summed E-state index contributed by atoms with van der Waals surface area (Å²) in [7, 11) is 0. The molecule has 1 heteroatoms. The lowest BCUT2D eigenvalue weighted by Crippen LogP contribution is -2.30. The monoisotopic (exact) mass is 687 g/mol. The lowest BCUT2D eigenvalue weighted by molar-refractivity contribution is 0.639. The van der Waals surface area contributed by atoms with E-state index in [-0.39, 0.29) is 11.0 Å². The standard InChI is InChI=1S/C53H37N/c1-52-32-53(52,2)54(37-16-4-3-5-17-37)49-29-24-36(30-48(49)52)46-31-47(41-21-11-15-34-13-7-9-19-39(34)41)45-26-23-35-22-25-42(43-27-28-44(46)51(45)50(35)43)40-20-10-14-33-12-6-8-18-38(33)40/h3-31H,32H2,1-2H3. The van der Waals surface area contributed by atoms with E-state index in [4.69, 9.17) is 0 Å². The minimum atomic E-state index is 0.0735. The highest BCUT2D eigenvalue weighted by molar-refractivity contribution is 6.31. The van der Waals surface area contributed by atoms with Gasteiger partial charge in [0.25, 0.3) is 0 Å². The number of nitrogens with zero attached hydrogens (tertiary/aromatic N) is 1. The number of rotatable bonds is 4. The van der Waals surface area contributed by atoms with Crippen molar-refractivity contribution in [3.63, 3.8) is 0 Å². The molecule has 0 radical (unpaired) electrons. The molecule has 0 saturated heterocycles. The summed E-state index contributed by atoms with van der Waals surface area (Å²) in [5.74, 6) is 0. The van der Waals surface area contributed by atoms with E-state index in [1.165, 1.54) is 104 Å². The smallest absolute Gasteiger partial charge is 0.0528 e. The Labute approximate surface area is 315 Å². The summed E-state index contributed by atoms with van der Waals surface area (Å²) in [4.78, 5) is 2.60. The Morgan fingerprint density at radius 3 is 1.72 bits per heavy atom. The minimum Gasteiger partial charge on any atom is -0.334 e. The Kier molecular flexibility index (Phi) is 5.89. The third kappa shape index (κ3) is 3.89. The molecule has 1 saturated carbocycles. The van der Waals surface area contributed by atoms with Gasteiger partial charge >= 0.3 is 0 Å². The van der Waals surface area contributed by atoms with Crippen molar-refractivity contribution >= 4 is 65.2 Å². The van der Waals surface area contributed by atoms with Gasteiger partial charge in [0.1, 0.15) is 0 Å². The molecule has 0 N–H and O–H groups in total. The summed E-state index contributed by atoms with van der Waals surface area (Å²) in [5.41, 5.74) is 12.0. The summed E-state index contributed by atoms with van der Waals surface area (Å²) in [5, 5.41) is 13.0. The maximum atomic E-state index is 2.60. The van der Waals surface area contributed by atoms with Crippen molar-refractivity contribution in [2.45, 2.75) is 31.2 Å². The average molecular weight is 688 g/mol. The Balaban J connectivity index is 1.17. The molecule has 1 aliphatic heterocycles. The van der Waals surface area contributed by atoms with Crippen LogP contribution in [-0.2, 0) is 5.41 Å². The quantitative estimate of drug-likeness (QED) is 0.167. The first-order chi connectivity index (χ1) is 26.5. The second-order valence-electron chi connectivity index (χ2n) is 16.1. The van der Waals surface area contributed by atoms with Gasteiger partial charge in [-0.15, -0.1) is 0 Å². The Bertz CT molecular complexity index is 3160. The van der Waals surface area contributed by atoms with Crippen molar-refractivity contribution in [1.82, 2.24) is 0 Å². The van der Waals surface area contributed by atoms with Gasteiger partial charge in [-0.05, 0) is 136 Å². The van der Waals surface area contributed by atoms with Crippen LogP contribution in [0.3, 0.4) is 0 Å². The van der Waals surface area contributed by atoms with Crippen LogP contribution in [0.5, 0.6) is 0 Å². The SMILES string of the molecule is CC12CC1(C)N(c1ccccc1)c1ccc(-c3cc(-c4cccc5ccccc45)c4ccc5ccc(-c6cccc7ccccc67)c6ccc3c4c56)cc12. The maximum Gasteiger partial charge on any atom is 0.0528 e. The molecule has 0 aromatic heterocycles. The molecule has 254 valence electrons. The van der Waals surface area contributed by atoms with Gasteiger partial charge in [0.05, 0.1) is 5.54 Å². The molecule has 1 nitrogen and oxygen atoms in total. The van der Waals surface area contributed by atoms with E-state index < -0.39 is 0 Å². The number of hydrogen-bond donors (Lipinski definition) is 0. The molecule has 10 aromatic rings. The second-order valence-corrected chi connectivity index (χ2v) is 16.1. The van der Waals surface area contributed by atoms with E-state index in [1.807, 2.05) is 0 Å². The molecule has 1 aliphatic carbocycles. The molecule has 10 aromatic carbocycles. The predicted molar refractivity (Wildman–Crippen MR) is 230 cm³/mol. The lowest BCUT2D eigenvalue weighted by atomic mass is 9.82. The van der Waals surface area contributed by atoms with Gasteiger partial charge in [-0.1, -0.05) is 153 Å². The number of anilines is 2. The molecule has 0 amide bonds. The van der Waals surface area contributed by atoms with Crippen molar-refractivity contribution in [3.8, 4) is 33.4 Å². The molecular formula is C53H37N. The molecule has 2 unspecified atom stereocenters. The molecule has 2 aliphatic rings. The first-order valence-corrected chi connectivity index (χ1v) is 19.2. The highest BCUT2D eigenvalue weighted by Gasteiger charge is 2.70. The average Bonchev–Trinajstić information content (AvgIpc) is 3.74. The molecule has 1 heterocycles. The Hall–Kier alpha value is -6.44. The van der Waals surface area contributed by atoms with Crippen LogP contribution in [-0.4, -0.2) is 5.54 Å². The fourth-order valence-corrected chi connectivity index (χ4v) is 10.5. The number of para-hydroxylation sites is 1. The summed E-state index contributed by atoms with van der Waals surface area (Å²) in [6, 6.07) is 66.0. The van der Waals surface area contributed by atoms with Crippen LogP contribution in [0.1, 0.15) is 25.8 Å². The normalized spacial score (nSPS) is 19.0. The van der Waals surface area contributed by atoms with E-state index >= 15 is 0 Å². The summed E-state index contributed by atoms with van der Waals surface area (Å²) < 4.78 is 0. The molecular weight excluding hydrogens is 651 g/mol. The van der Waals surface area contributed by atoms with Crippen molar-refractivity contribution in [2.75, 3.05) is 4.90 Å². The highest BCUT2D eigenvalue weighted by atomic mass is 15.3. The van der Waals surface area contributed by atoms with E-state index in [1.54, 1.807) is 0 Å². The molecule has 1 fully saturated rings. The molecule has 2 atom stereocenters. The van der Waals surface area contributed by atoms with Gasteiger partial charge in [0.2, 0.25) is 0 Å². The van der Waals surface area contributed by atoms with Gasteiger partial charge in [0, 0.05) is 16.8 Å². The van der Waals surface area contributed by atoms with E-state index in [9.17, 15) is 0 Å². The van der Waals surface area contributed by atoms with Gasteiger partial charge in [0.15, 0.2) is 0 Å². The number of hydrogen-bond acceptors (Lipinski definition) is 1. The van der Waals surface area contributed by atoms with Crippen LogP contribution in [0.4, 0.5) is 11.4 Å². The molecule has 0 bridgehead atoms. The first kappa shape index (κ1) is 30.1. The summed E-state index contributed by atoms with van der Waals surface area (Å²) in [6.07, 6.45) is 1.15.